The third-order valence-corrected chi connectivity index (χ3v) is 7.45. The molecule has 1 aliphatic rings. The molecule has 40 heavy (non-hydrogen) atoms. The summed E-state index contributed by atoms with van der Waals surface area (Å²) in [7, 11) is 1.42. The first kappa shape index (κ1) is 26.8. The molecule has 0 bridgehead atoms. The van der Waals surface area contributed by atoms with Crippen molar-refractivity contribution in [2.45, 2.75) is 26.8 Å². The van der Waals surface area contributed by atoms with Gasteiger partial charge in [0.1, 0.15) is 17.3 Å². The molecule has 0 fully saturated rings. The van der Waals surface area contributed by atoms with E-state index in [0.29, 0.717) is 37.7 Å². The van der Waals surface area contributed by atoms with Crippen molar-refractivity contribution in [3.63, 3.8) is 0 Å². The predicted molar refractivity (Wildman–Crippen MR) is 149 cm³/mol. The van der Waals surface area contributed by atoms with Gasteiger partial charge in [-0.1, -0.05) is 41.2 Å². The number of fused-ring (bicyclic) bond motifs is 1. The van der Waals surface area contributed by atoms with Gasteiger partial charge in [0.15, 0.2) is 4.80 Å². The molecule has 0 radical (unpaired) electrons. The lowest BCUT2D eigenvalue weighted by Gasteiger charge is -2.24. The fourth-order valence-corrected chi connectivity index (χ4v) is 5.58. The summed E-state index contributed by atoms with van der Waals surface area (Å²) in [5.74, 6) is 0.587. The Morgan fingerprint density at radius 3 is 2.60 bits per heavy atom. The number of nitro benzene ring substituents is 1. The van der Waals surface area contributed by atoms with E-state index >= 15 is 0 Å². The fourth-order valence-electron chi connectivity index (χ4n) is 4.56. The van der Waals surface area contributed by atoms with Crippen LogP contribution >= 0.6 is 11.3 Å². The Balaban J connectivity index is 1.61. The molecule has 0 N–H and O–H groups in total. The van der Waals surface area contributed by atoms with Crippen LogP contribution in [-0.2, 0) is 9.53 Å². The zero-order valence-electron chi connectivity index (χ0n) is 22.2. The Labute approximate surface area is 232 Å². The number of benzene rings is 2. The fraction of sp³-hybridized carbons (Fsp3) is 0.207. The van der Waals surface area contributed by atoms with Gasteiger partial charge in [0.05, 0.1) is 52.1 Å². The van der Waals surface area contributed by atoms with E-state index in [1.165, 1.54) is 35.1 Å². The number of carbonyl (C=O) groups is 1. The molecule has 10 nitrogen and oxygen atoms in total. The van der Waals surface area contributed by atoms with E-state index in [-0.39, 0.29) is 23.6 Å². The second-order valence-corrected chi connectivity index (χ2v) is 10.1. The van der Waals surface area contributed by atoms with Crippen molar-refractivity contribution < 1.29 is 23.6 Å². The number of furan rings is 1. The summed E-state index contributed by atoms with van der Waals surface area (Å²) in [6.07, 6.45) is 1.61. The number of rotatable bonds is 7. The van der Waals surface area contributed by atoms with Crippen LogP contribution in [0, 0.1) is 17.0 Å². The highest BCUT2D eigenvalue weighted by Gasteiger charge is 2.33. The lowest BCUT2D eigenvalue weighted by molar-refractivity contribution is -0.384. The molecular formula is C29H25N3O7S. The third kappa shape index (κ3) is 4.87. The van der Waals surface area contributed by atoms with Gasteiger partial charge in [0.25, 0.3) is 11.2 Å². The standard InChI is InChI=1S/C29H25N3O7S/c1-5-38-28(34)25-17(3)30-29-31(26(25)18-8-6-16(2)7-9-18)27(33)24(40-29)15-20-11-13-22(39-20)21-12-10-19(32(35)36)14-23(21)37-4/h6-15,26H,5H2,1-4H3/b24-15+. The molecule has 2 aromatic carbocycles. The van der Waals surface area contributed by atoms with Crippen LogP contribution < -0.4 is 19.6 Å². The van der Waals surface area contributed by atoms with Gasteiger partial charge in [-0.3, -0.25) is 19.5 Å². The third-order valence-electron chi connectivity index (χ3n) is 6.47. The Morgan fingerprint density at radius 2 is 1.93 bits per heavy atom. The van der Waals surface area contributed by atoms with E-state index in [9.17, 15) is 19.7 Å². The van der Waals surface area contributed by atoms with Crippen molar-refractivity contribution in [1.29, 1.82) is 0 Å². The van der Waals surface area contributed by atoms with Crippen LogP contribution in [0.15, 0.2) is 80.1 Å². The lowest BCUT2D eigenvalue weighted by Crippen LogP contribution is -2.39. The molecule has 0 aliphatic carbocycles. The first-order valence-electron chi connectivity index (χ1n) is 12.4. The van der Waals surface area contributed by atoms with E-state index in [1.807, 2.05) is 31.2 Å². The average Bonchev–Trinajstić information content (AvgIpc) is 3.52. The van der Waals surface area contributed by atoms with E-state index in [0.717, 1.165) is 11.1 Å². The summed E-state index contributed by atoms with van der Waals surface area (Å²) in [6, 6.07) is 14.6. The molecule has 204 valence electrons. The van der Waals surface area contributed by atoms with Crippen LogP contribution in [0.25, 0.3) is 17.4 Å². The number of allylic oxidation sites excluding steroid dienone is 1. The number of methoxy groups -OCH3 is 1. The van der Waals surface area contributed by atoms with Crippen LogP contribution in [0.3, 0.4) is 0 Å². The van der Waals surface area contributed by atoms with Crippen molar-refractivity contribution in [2.24, 2.45) is 4.99 Å². The van der Waals surface area contributed by atoms with E-state index < -0.39 is 16.9 Å². The lowest BCUT2D eigenvalue weighted by atomic mass is 9.95. The highest BCUT2D eigenvalue weighted by atomic mass is 32.1. The molecule has 1 aliphatic heterocycles. The maximum Gasteiger partial charge on any atom is 0.338 e. The minimum Gasteiger partial charge on any atom is -0.496 e. The monoisotopic (exact) mass is 559 g/mol. The van der Waals surface area contributed by atoms with Crippen LogP contribution in [0.4, 0.5) is 5.69 Å². The summed E-state index contributed by atoms with van der Waals surface area (Å²) in [6.45, 7) is 5.63. The Hall–Kier alpha value is -4.77. The number of esters is 1. The first-order chi connectivity index (χ1) is 19.2. The Bertz CT molecular complexity index is 1850. The van der Waals surface area contributed by atoms with Crippen molar-refractivity contribution in [1.82, 2.24) is 4.57 Å². The molecular weight excluding hydrogens is 534 g/mol. The molecule has 2 aromatic heterocycles. The second kappa shape index (κ2) is 10.8. The minimum absolute atomic E-state index is 0.103. The minimum atomic E-state index is -0.699. The number of non-ortho nitro benzene ring substituents is 1. The summed E-state index contributed by atoms with van der Waals surface area (Å²) in [4.78, 5) is 42.4. The van der Waals surface area contributed by atoms with E-state index in [1.54, 1.807) is 38.1 Å². The van der Waals surface area contributed by atoms with Crippen molar-refractivity contribution >= 4 is 29.1 Å². The number of ether oxygens (including phenoxy) is 2. The Kier molecular flexibility index (Phi) is 7.22. The maximum absolute atomic E-state index is 13.8. The van der Waals surface area contributed by atoms with Gasteiger partial charge in [-0.15, -0.1) is 0 Å². The van der Waals surface area contributed by atoms with Crippen molar-refractivity contribution in [3.05, 3.63) is 113 Å². The molecule has 5 rings (SSSR count). The van der Waals surface area contributed by atoms with Gasteiger partial charge in [-0.05, 0) is 44.5 Å². The molecule has 3 heterocycles. The number of nitro groups is 1. The van der Waals surface area contributed by atoms with Gasteiger partial charge in [0.2, 0.25) is 0 Å². The molecule has 0 amide bonds. The summed E-state index contributed by atoms with van der Waals surface area (Å²) in [5, 5.41) is 11.1. The number of hydrogen-bond acceptors (Lipinski definition) is 9. The normalized spacial score (nSPS) is 15.0. The van der Waals surface area contributed by atoms with Crippen molar-refractivity contribution in [2.75, 3.05) is 13.7 Å². The van der Waals surface area contributed by atoms with Crippen molar-refractivity contribution in [3.8, 4) is 17.1 Å². The summed E-state index contributed by atoms with van der Waals surface area (Å²) in [5.41, 5.74) is 2.72. The van der Waals surface area contributed by atoms with Gasteiger partial charge in [-0.2, -0.15) is 0 Å². The molecule has 0 saturated heterocycles. The molecule has 1 unspecified atom stereocenters. The Morgan fingerprint density at radius 1 is 1.18 bits per heavy atom. The highest BCUT2D eigenvalue weighted by Crippen LogP contribution is 2.34. The zero-order chi connectivity index (χ0) is 28.6. The number of aryl methyl sites for hydroxylation is 1. The topological polar surface area (TPSA) is 126 Å². The summed E-state index contributed by atoms with van der Waals surface area (Å²) >= 11 is 1.19. The van der Waals surface area contributed by atoms with E-state index in [2.05, 4.69) is 4.99 Å². The van der Waals surface area contributed by atoms with Crippen LogP contribution in [0.2, 0.25) is 0 Å². The molecule has 0 spiro atoms. The number of thiazole rings is 1. The summed E-state index contributed by atoms with van der Waals surface area (Å²) < 4.78 is 18.5. The molecule has 0 saturated carbocycles. The van der Waals surface area contributed by atoms with Gasteiger partial charge < -0.3 is 13.9 Å². The first-order valence-corrected chi connectivity index (χ1v) is 13.2. The quantitative estimate of drug-likeness (QED) is 0.188. The SMILES string of the molecule is CCOC(=O)C1=C(C)N=c2s/c(=C/c3ccc(-c4ccc([N+](=O)[O-])cc4OC)o3)c(=O)n2C1c1ccc(C)cc1. The number of aromatic nitrogens is 1. The van der Waals surface area contributed by atoms with Crippen LogP contribution in [-0.4, -0.2) is 29.2 Å². The number of hydrogen-bond donors (Lipinski definition) is 0. The highest BCUT2D eigenvalue weighted by molar-refractivity contribution is 7.07. The number of carbonyl (C=O) groups excluding carboxylic acids is 1. The van der Waals surface area contributed by atoms with Crippen LogP contribution in [0.1, 0.15) is 36.8 Å². The van der Waals surface area contributed by atoms with Gasteiger partial charge in [0, 0.05) is 12.1 Å². The molecule has 1 atom stereocenters. The number of nitrogens with zero attached hydrogens (tertiary/aromatic N) is 3. The predicted octanol–water partition coefficient (Wildman–Crippen LogP) is 4.28. The smallest absolute Gasteiger partial charge is 0.338 e. The van der Waals surface area contributed by atoms with Gasteiger partial charge in [-0.25, -0.2) is 9.79 Å². The second-order valence-electron chi connectivity index (χ2n) is 9.06. The average molecular weight is 560 g/mol. The zero-order valence-corrected chi connectivity index (χ0v) is 23.0. The molecule has 11 heteroatoms. The maximum atomic E-state index is 13.8. The van der Waals surface area contributed by atoms with E-state index in [4.69, 9.17) is 13.9 Å². The van der Waals surface area contributed by atoms with Gasteiger partial charge >= 0.3 is 5.97 Å². The molecule has 4 aromatic rings. The largest absolute Gasteiger partial charge is 0.496 e. The van der Waals surface area contributed by atoms with Crippen LogP contribution in [0.5, 0.6) is 5.75 Å².